The molecule has 2 aromatic carbocycles. The summed E-state index contributed by atoms with van der Waals surface area (Å²) in [6.07, 6.45) is 0. The minimum atomic E-state index is -0.938. The van der Waals surface area contributed by atoms with Crippen molar-refractivity contribution < 1.29 is 14.6 Å². The molecule has 0 unspecified atom stereocenters. The third-order valence-corrected chi connectivity index (χ3v) is 2.55. The number of rotatable bonds is 3. The van der Waals surface area contributed by atoms with Crippen molar-refractivity contribution in [2.24, 2.45) is 0 Å². The molecule has 0 spiro atoms. The molecule has 2 aromatic rings. The van der Waals surface area contributed by atoms with Crippen LogP contribution in [-0.4, -0.2) is 18.2 Å². The van der Waals surface area contributed by atoms with Gasteiger partial charge in [-0.2, -0.15) is 0 Å². The highest BCUT2D eigenvalue weighted by Gasteiger charge is 2.13. The van der Waals surface area contributed by atoms with Crippen molar-refractivity contribution in [1.29, 1.82) is 0 Å². The van der Waals surface area contributed by atoms with Crippen LogP contribution < -0.4 is 4.74 Å². The first-order valence-corrected chi connectivity index (χ1v) is 5.19. The Balaban J connectivity index is 2.64. The Labute approximate surface area is 99.3 Å². The van der Waals surface area contributed by atoms with E-state index in [9.17, 15) is 4.79 Å². The second kappa shape index (κ2) is 4.70. The molecule has 1 N–H and O–H groups in total. The molecular weight excluding hydrogens is 216 g/mol. The number of carboxylic acids is 1. The van der Waals surface area contributed by atoms with E-state index in [0.717, 1.165) is 5.56 Å². The maximum atomic E-state index is 11.2. The Morgan fingerprint density at radius 1 is 1.00 bits per heavy atom. The van der Waals surface area contributed by atoms with Crippen LogP contribution in [0.1, 0.15) is 10.4 Å². The van der Waals surface area contributed by atoms with Crippen molar-refractivity contribution in [3.05, 3.63) is 54.1 Å². The van der Waals surface area contributed by atoms with Gasteiger partial charge in [-0.1, -0.05) is 36.4 Å². The molecule has 2 rings (SSSR count). The van der Waals surface area contributed by atoms with Gasteiger partial charge in [0, 0.05) is 5.56 Å². The minimum absolute atomic E-state index is 0.275. The second-order valence-corrected chi connectivity index (χ2v) is 3.55. The fourth-order valence-corrected chi connectivity index (χ4v) is 1.77. The monoisotopic (exact) mass is 228 g/mol. The average molecular weight is 228 g/mol. The third kappa shape index (κ3) is 2.13. The van der Waals surface area contributed by atoms with Crippen LogP contribution in [0.25, 0.3) is 11.1 Å². The molecule has 3 nitrogen and oxygen atoms in total. The number of para-hydroxylation sites is 1. The van der Waals surface area contributed by atoms with Gasteiger partial charge >= 0.3 is 5.97 Å². The van der Waals surface area contributed by atoms with Gasteiger partial charge in [-0.05, 0) is 17.7 Å². The molecule has 17 heavy (non-hydrogen) atoms. The van der Waals surface area contributed by atoms with Gasteiger partial charge in [0.05, 0.1) is 12.7 Å². The molecule has 0 bridgehead atoms. The molecule has 0 radical (unpaired) electrons. The van der Waals surface area contributed by atoms with E-state index >= 15 is 0 Å². The summed E-state index contributed by atoms with van der Waals surface area (Å²) in [5.41, 5.74) is 1.72. The predicted octanol–water partition coefficient (Wildman–Crippen LogP) is 3.06. The summed E-state index contributed by atoms with van der Waals surface area (Å²) < 4.78 is 5.24. The number of methoxy groups -OCH3 is 1. The van der Waals surface area contributed by atoms with Gasteiger partial charge < -0.3 is 9.84 Å². The van der Waals surface area contributed by atoms with Crippen LogP contribution in [0.4, 0.5) is 0 Å². The van der Waals surface area contributed by atoms with E-state index in [1.54, 1.807) is 25.3 Å². The Hall–Kier alpha value is -2.29. The molecule has 0 heterocycles. The predicted molar refractivity (Wildman–Crippen MR) is 65.4 cm³/mol. The zero-order chi connectivity index (χ0) is 12.3. The zero-order valence-corrected chi connectivity index (χ0v) is 9.38. The van der Waals surface area contributed by atoms with Gasteiger partial charge in [0.25, 0.3) is 0 Å². The quantitative estimate of drug-likeness (QED) is 0.878. The van der Waals surface area contributed by atoms with Gasteiger partial charge in [-0.15, -0.1) is 0 Å². The first-order chi connectivity index (χ1) is 8.24. The Morgan fingerprint density at radius 3 is 2.24 bits per heavy atom. The fourth-order valence-electron chi connectivity index (χ4n) is 1.77. The summed E-state index contributed by atoms with van der Waals surface area (Å²) in [6.45, 7) is 0. The van der Waals surface area contributed by atoms with Crippen LogP contribution in [0.2, 0.25) is 0 Å². The molecule has 0 amide bonds. The summed E-state index contributed by atoms with van der Waals surface area (Å²) >= 11 is 0. The third-order valence-electron chi connectivity index (χ3n) is 2.55. The van der Waals surface area contributed by atoms with Crippen LogP contribution in [-0.2, 0) is 0 Å². The fraction of sp³-hybridized carbons (Fsp3) is 0.0714. The smallest absolute Gasteiger partial charge is 0.336 e. The van der Waals surface area contributed by atoms with Crippen LogP contribution in [0, 0.1) is 0 Å². The van der Waals surface area contributed by atoms with Crippen LogP contribution >= 0.6 is 0 Å². The van der Waals surface area contributed by atoms with Crippen molar-refractivity contribution >= 4 is 5.97 Å². The van der Waals surface area contributed by atoms with Gasteiger partial charge in [-0.3, -0.25) is 0 Å². The van der Waals surface area contributed by atoms with Crippen molar-refractivity contribution in [2.45, 2.75) is 0 Å². The molecular formula is C14H12O3. The molecule has 86 valence electrons. The van der Waals surface area contributed by atoms with Gasteiger partial charge in [0.1, 0.15) is 5.75 Å². The number of carbonyl (C=O) groups is 1. The number of hydrogen-bond acceptors (Lipinski definition) is 2. The molecule has 0 aliphatic carbocycles. The molecule has 0 fully saturated rings. The molecule has 0 atom stereocenters. The molecule has 0 aliphatic rings. The molecule has 0 aromatic heterocycles. The Kier molecular flexibility index (Phi) is 3.10. The zero-order valence-electron chi connectivity index (χ0n) is 9.38. The lowest BCUT2D eigenvalue weighted by atomic mass is 9.99. The lowest BCUT2D eigenvalue weighted by molar-refractivity contribution is 0.0698. The standard InChI is InChI=1S/C14H12O3/c1-17-13-9-5-4-7-11(13)10-6-2-3-8-12(10)14(15)16/h2-9H,1H3,(H,15,16). The van der Waals surface area contributed by atoms with E-state index in [1.807, 2.05) is 30.3 Å². The molecule has 0 saturated heterocycles. The highest BCUT2D eigenvalue weighted by molar-refractivity contribution is 5.96. The van der Waals surface area contributed by atoms with E-state index in [2.05, 4.69) is 0 Å². The lowest BCUT2D eigenvalue weighted by Gasteiger charge is -2.10. The Morgan fingerprint density at radius 2 is 1.59 bits per heavy atom. The molecule has 0 aliphatic heterocycles. The molecule has 3 heteroatoms. The summed E-state index contributed by atoms with van der Waals surface area (Å²) in [6, 6.07) is 14.3. The van der Waals surface area contributed by atoms with Gasteiger partial charge in [0.2, 0.25) is 0 Å². The van der Waals surface area contributed by atoms with E-state index in [1.165, 1.54) is 0 Å². The van der Waals surface area contributed by atoms with E-state index in [0.29, 0.717) is 11.3 Å². The first-order valence-electron chi connectivity index (χ1n) is 5.19. The number of hydrogen-bond donors (Lipinski definition) is 1. The maximum Gasteiger partial charge on any atom is 0.336 e. The second-order valence-electron chi connectivity index (χ2n) is 3.55. The normalized spacial score (nSPS) is 9.94. The SMILES string of the molecule is COc1ccccc1-c1ccccc1C(=O)O. The largest absolute Gasteiger partial charge is 0.496 e. The van der Waals surface area contributed by atoms with Crippen LogP contribution in [0.15, 0.2) is 48.5 Å². The summed E-state index contributed by atoms with van der Waals surface area (Å²) in [5, 5.41) is 9.15. The first kappa shape index (κ1) is 11.2. The molecule has 0 saturated carbocycles. The lowest BCUT2D eigenvalue weighted by Crippen LogP contribution is -1.99. The topological polar surface area (TPSA) is 46.5 Å². The van der Waals surface area contributed by atoms with Gasteiger partial charge in [-0.25, -0.2) is 4.79 Å². The highest BCUT2D eigenvalue weighted by Crippen LogP contribution is 2.31. The minimum Gasteiger partial charge on any atom is -0.496 e. The van der Waals surface area contributed by atoms with Crippen molar-refractivity contribution in [2.75, 3.05) is 7.11 Å². The Bertz CT molecular complexity index is 547. The number of benzene rings is 2. The summed E-state index contributed by atoms with van der Waals surface area (Å²) in [7, 11) is 1.57. The van der Waals surface area contributed by atoms with E-state index < -0.39 is 5.97 Å². The number of carboxylic acid groups (broad SMARTS) is 1. The van der Waals surface area contributed by atoms with E-state index in [-0.39, 0.29) is 5.56 Å². The van der Waals surface area contributed by atoms with Crippen molar-refractivity contribution in [1.82, 2.24) is 0 Å². The van der Waals surface area contributed by atoms with Crippen LogP contribution in [0.3, 0.4) is 0 Å². The average Bonchev–Trinajstić information content (AvgIpc) is 2.38. The maximum absolute atomic E-state index is 11.2. The highest BCUT2D eigenvalue weighted by atomic mass is 16.5. The van der Waals surface area contributed by atoms with Crippen LogP contribution in [0.5, 0.6) is 5.75 Å². The number of ether oxygens (including phenoxy) is 1. The number of aromatic carboxylic acids is 1. The van der Waals surface area contributed by atoms with Gasteiger partial charge in [0.15, 0.2) is 0 Å². The van der Waals surface area contributed by atoms with E-state index in [4.69, 9.17) is 9.84 Å². The van der Waals surface area contributed by atoms with Crippen molar-refractivity contribution in [3.8, 4) is 16.9 Å². The van der Waals surface area contributed by atoms with Crippen molar-refractivity contribution in [3.63, 3.8) is 0 Å². The summed E-state index contributed by atoms with van der Waals surface area (Å²) in [4.78, 5) is 11.2. The summed E-state index contributed by atoms with van der Waals surface area (Å²) in [5.74, 6) is -0.271.